The normalized spacial score (nSPS) is 19.7. The Bertz CT molecular complexity index is 271. The fourth-order valence-corrected chi connectivity index (χ4v) is 2.24. The predicted octanol–water partition coefficient (Wildman–Crippen LogP) is 0.262. The molecular formula is C9H21N3O2S. The molecule has 1 aliphatic rings. The maximum absolute atomic E-state index is 11.3. The first kappa shape index (κ1) is 12.9. The minimum atomic E-state index is -3.28. The van der Waals surface area contributed by atoms with Crippen molar-refractivity contribution in [3.8, 4) is 0 Å². The molecule has 0 saturated heterocycles. The van der Waals surface area contributed by atoms with Gasteiger partial charge in [-0.3, -0.25) is 0 Å². The van der Waals surface area contributed by atoms with Crippen LogP contribution in [0.15, 0.2) is 0 Å². The Morgan fingerprint density at radius 1 is 1.20 bits per heavy atom. The van der Waals surface area contributed by atoms with Crippen LogP contribution in [0, 0.1) is 0 Å². The molecule has 6 heteroatoms. The molecule has 0 aromatic rings. The Labute approximate surface area is 92.4 Å². The van der Waals surface area contributed by atoms with Crippen molar-refractivity contribution in [3.63, 3.8) is 0 Å². The predicted molar refractivity (Wildman–Crippen MR) is 60.6 cm³/mol. The van der Waals surface area contributed by atoms with Gasteiger partial charge in [-0.25, -0.2) is 0 Å². The molecule has 0 aromatic heterocycles. The molecule has 5 nitrogen and oxygen atoms in total. The molecule has 1 rings (SSSR count). The molecule has 0 atom stereocenters. The minimum absolute atomic E-state index is 0.325. The van der Waals surface area contributed by atoms with Crippen LogP contribution in [0.4, 0.5) is 0 Å². The van der Waals surface area contributed by atoms with Gasteiger partial charge < -0.3 is 5.32 Å². The van der Waals surface area contributed by atoms with Crippen LogP contribution < -0.4 is 10.0 Å². The lowest BCUT2D eigenvalue weighted by Gasteiger charge is -2.23. The van der Waals surface area contributed by atoms with Gasteiger partial charge in [-0.05, 0) is 12.8 Å². The molecule has 1 aliphatic carbocycles. The fraction of sp³-hybridized carbons (Fsp3) is 1.00. The zero-order chi connectivity index (χ0) is 11.3. The smallest absolute Gasteiger partial charge is 0.280 e. The second kappa shape index (κ2) is 5.79. The lowest BCUT2D eigenvalue weighted by atomic mass is 9.96. The number of hydrogen-bond donors (Lipinski definition) is 2. The van der Waals surface area contributed by atoms with Crippen molar-refractivity contribution in [1.29, 1.82) is 0 Å². The second-order valence-corrected chi connectivity index (χ2v) is 6.12. The average Bonchev–Trinajstić information content (AvgIpc) is 2.19. The Hall–Kier alpha value is -0.170. The Kier molecular flexibility index (Phi) is 4.98. The van der Waals surface area contributed by atoms with Crippen molar-refractivity contribution in [2.75, 3.05) is 20.8 Å². The van der Waals surface area contributed by atoms with Crippen LogP contribution in [0.25, 0.3) is 0 Å². The number of hydrogen-bond acceptors (Lipinski definition) is 3. The number of rotatable bonds is 5. The summed E-state index contributed by atoms with van der Waals surface area (Å²) in [6, 6.07) is 0.476. The highest BCUT2D eigenvalue weighted by molar-refractivity contribution is 7.87. The van der Waals surface area contributed by atoms with E-state index in [1.54, 1.807) is 0 Å². The molecule has 0 bridgehead atoms. The van der Waals surface area contributed by atoms with Gasteiger partial charge in [0, 0.05) is 20.1 Å². The Balaban J connectivity index is 2.20. The number of nitrogens with one attached hydrogen (secondary N) is 2. The molecule has 0 unspecified atom stereocenters. The van der Waals surface area contributed by atoms with Crippen molar-refractivity contribution < 1.29 is 8.42 Å². The highest BCUT2D eigenvalue weighted by Gasteiger charge is 2.15. The maximum Gasteiger partial charge on any atom is 0.280 e. The molecule has 0 heterocycles. The van der Waals surface area contributed by atoms with Gasteiger partial charge in [0.05, 0.1) is 6.67 Å². The third-order valence-electron chi connectivity index (χ3n) is 2.73. The largest absolute Gasteiger partial charge is 0.301 e. The van der Waals surface area contributed by atoms with E-state index in [0.29, 0.717) is 12.7 Å². The summed E-state index contributed by atoms with van der Waals surface area (Å²) in [5.41, 5.74) is 0. The fourth-order valence-electron chi connectivity index (χ4n) is 1.71. The summed E-state index contributed by atoms with van der Waals surface area (Å²) in [5, 5.41) is 3.22. The van der Waals surface area contributed by atoms with Gasteiger partial charge in [-0.15, -0.1) is 0 Å². The molecule has 0 spiro atoms. The molecule has 15 heavy (non-hydrogen) atoms. The van der Waals surface area contributed by atoms with E-state index in [2.05, 4.69) is 10.0 Å². The van der Waals surface area contributed by atoms with Crippen LogP contribution in [0.3, 0.4) is 0 Å². The van der Waals surface area contributed by atoms with Gasteiger partial charge in [0.2, 0.25) is 0 Å². The highest BCUT2D eigenvalue weighted by Crippen LogP contribution is 2.16. The molecule has 1 fully saturated rings. The molecule has 0 aromatic carbocycles. The van der Waals surface area contributed by atoms with E-state index < -0.39 is 10.2 Å². The lowest BCUT2D eigenvalue weighted by molar-refractivity contribution is 0.370. The van der Waals surface area contributed by atoms with Crippen LogP contribution in [0.5, 0.6) is 0 Å². The number of nitrogens with zero attached hydrogens (tertiary/aromatic N) is 1. The topological polar surface area (TPSA) is 61.4 Å². The van der Waals surface area contributed by atoms with Crippen LogP contribution in [-0.4, -0.2) is 39.5 Å². The van der Waals surface area contributed by atoms with E-state index in [-0.39, 0.29) is 0 Å². The van der Waals surface area contributed by atoms with Gasteiger partial charge in [-0.2, -0.15) is 17.4 Å². The molecular weight excluding hydrogens is 214 g/mol. The Morgan fingerprint density at radius 3 is 2.33 bits per heavy atom. The standard InChI is InChI=1S/C9H21N3O2S/c1-12(2)15(13,14)11-8-10-9-6-4-3-5-7-9/h9-11H,3-8H2,1-2H3. The van der Waals surface area contributed by atoms with Crippen molar-refractivity contribution in [2.24, 2.45) is 0 Å². The average molecular weight is 235 g/mol. The van der Waals surface area contributed by atoms with E-state index in [1.165, 1.54) is 37.7 Å². The zero-order valence-electron chi connectivity index (χ0n) is 9.49. The first-order valence-electron chi connectivity index (χ1n) is 5.43. The van der Waals surface area contributed by atoms with E-state index in [9.17, 15) is 8.42 Å². The van der Waals surface area contributed by atoms with Gasteiger partial charge >= 0.3 is 0 Å². The van der Waals surface area contributed by atoms with Crippen LogP contribution in [0.1, 0.15) is 32.1 Å². The highest BCUT2D eigenvalue weighted by atomic mass is 32.2. The minimum Gasteiger partial charge on any atom is -0.301 e. The summed E-state index contributed by atoms with van der Waals surface area (Å²) in [4.78, 5) is 0. The monoisotopic (exact) mass is 235 g/mol. The molecule has 2 N–H and O–H groups in total. The molecule has 1 saturated carbocycles. The van der Waals surface area contributed by atoms with Gasteiger partial charge in [0.1, 0.15) is 0 Å². The van der Waals surface area contributed by atoms with Crippen molar-refractivity contribution >= 4 is 10.2 Å². The van der Waals surface area contributed by atoms with Crippen molar-refractivity contribution in [1.82, 2.24) is 14.3 Å². The summed E-state index contributed by atoms with van der Waals surface area (Å²) in [6.45, 7) is 0.325. The van der Waals surface area contributed by atoms with Crippen LogP contribution in [0.2, 0.25) is 0 Å². The summed E-state index contributed by atoms with van der Waals surface area (Å²) in [6.07, 6.45) is 6.12. The Morgan fingerprint density at radius 2 is 1.80 bits per heavy atom. The van der Waals surface area contributed by atoms with E-state index in [1.807, 2.05) is 0 Å². The summed E-state index contributed by atoms with van der Waals surface area (Å²) in [7, 11) is -0.245. The zero-order valence-corrected chi connectivity index (χ0v) is 10.3. The maximum atomic E-state index is 11.3. The van der Waals surface area contributed by atoms with E-state index in [4.69, 9.17) is 0 Å². The van der Waals surface area contributed by atoms with Gasteiger partial charge in [0.25, 0.3) is 10.2 Å². The lowest BCUT2D eigenvalue weighted by Crippen LogP contribution is -2.44. The van der Waals surface area contributed by atoms with E-state index >= 15 is 0 Å². The first-order chi connectivity index (χ1) is 7.02. The SMILES string of the molecule is CN(C)S(=O)(=O)NCNC1CCCCC1. The second-order valence-electron chi connectivity index (χ2n) is 4.15. The molecule has 0 aliphatic heterocycles. The molecule has 0 amide bonds. The summed E-state index contributed by atoms with van der Waals surface area (Å²) in [5.74, 6) is 0. The van der Waals surface area contributed by atoms with Crippen molar-refractivity contribution in [2.45, 2.75) is 38.1 Å². The van der Waals surface area contributed by atoms with Gasteiger partial charge in [0.15, 0.2) is 0 Å². The third kappa shape index (κ3) is 4.46. The van der Waals surface area contributed by atoms with E-state index in [0.717, 1.165) is 12.8 Å². The summed E-state index contributed by atoms with van der Waals surface area (Å²) < 4.78 is 26.4. The molecule has 90 valence electrons. The quantitative estimate of drug-likeness (QED) is 0.672. The third-order valence-corrected chi connectivity index (χ3v) is 4.20. The van der Waals surface area contributed by atoms with Crippen molar-refractivity contribution in [3.05, 3.63) is 0 Å². The van der Waals surface area contributed by atoms with Crippen LogP contribution >= 0.6 is 0 Å². The molecule has 0 radical (unpaired) electrons. The first-order valence-corrected chi connectivity index (χ1v) is 6.87. The summed E-state index contributed by atoms with van der Waals surface area (Å²) >= 11 is 0. The van der Waals surface area contributed by atoms with Gasteiger partial charge in [-0.1, -0.05) is 19.3 Å². The van der Waals surface area contributed by atoms with Crippen LogP contribution in [-0.2, 0) is 10.2 Å².